The fourth-order valence-electron chi connectivity index (χ4n) is 2.04. The van der Waals surface area contributed by atoms with Crippen molar-refractivity contribution in [1.82, 2.24) is 5.32 Å². The molecule has 0 aliphatic rings. The number of rotatable bonds is 5. The standard InChI is InChI=1S/C17H17BrN2O2/c1-2-12-6-3-4-9-15(12)20-16(21)11-19-17(22)13-7-5-8-14(18)10-13/h3-10H,2,11H2,1H3,(H,19,22)(H,20,21). The average Bonchev–Trinajstić information content (AvgIpc) is 2.53. The summed E-state index contributed by atoms with van der Waals surface area (Å²) in [5.41, 5.74) is 2.36. The van der Waals surface area contributed by atoms with Gasteiger partial charge in [0.2, 0.25) is 5.91 Å². The van der Waals surface area contributed by atoms with Crippen molar-refractivity contribution < 1.29 is 9.59 Å². The highest BCUT2D eigenvalue weighted by atomic mass is 79.9. The number of nitrogens with one attached hydrogen (secondary N) is 2. The lowest BCUT2D eigenvalue weighted by Gasteiger charge is -2.10. The van der Waals surface area contributed by atoms with Gasteiger partial charge in [0.15, 0.2) is 0 Å². The van der Waals surface area contributed by atoms with E-state index in [1.807, 2.05) is 37.3 Å². The van der Waals surface area contributed by atoms with Crippen molar-refractivity contribution in [3.05, 3.63) is 64.1 Å². The summed E-state index contributed by atoms with van der Waals surface area (Å²) >= 11 is 3.31. The molecule has 0 radical (unpaired) electrons. The van der Waals surface area contributed by atoms with Crippen molar-refractivity contribution in [1.29, 1.82) is 0 Å². The summed E-state index contributed by atoms with van der Waals surface area (Å²) < 4.78 is 0.821. The van der Waals surface area contributed by atoms with E-state index >= 15 is 0 Å². The summed E-state index contributed by atoms with van der Waals surface area (Å²) in [6.45, 7) is 1.96. The molecule has 0 heterocycles. The molecule has 0 atom stereocenters. The first-order valence-corrected chi connectivity index (χ1v) is 7.81. The lowest BCUT2D eigenvalue weighted by atomic mass is 10.1. The molecule has 114 valence electrons. The van der Waals surface area contributed by atoms with E-state index in [2.05, 4.69) is 26.6 Å². The van der Waals surface area contributed by atoms with Crippen molar-refractivity contribution in [3.63, 3.8) is 0 Å². The third kappa shape index (κ3) is 4.43. The van der Waals surface area contributed by atoms with Crippen LogP contribution in [0.1, 0.15) is 22.8 Å². The van der Waals surface area contributed by atoms with Gasteiger partial charge in [-0.3, -0.25) is 9.59 Å². The van der Waals surface area contributed by atoms with Crippen LogP contribution in [-0.2, 0) is 11.2 Å². The smallest absolute Gasteiger partial charge is 0.251 e. The maximum Gasteiger partial charge on any atom is 0.251 e. The van der Waals surface area contributed by atoms with Crippen molar-refractivity contribution in [2.75, 3.05) is 11.9 Å². The molecule has 2 aromatic rings. The molecule has 0 saturated carbocycles. The van der Waals surface area contributed by atoms with Gasteiger partial charge >= 0.3 is 0 Å². The number of para-hydroxylation sites is 1. The average molecular weight is 361 g/mol. The van der Waals surface area contributed by atoms with Crippen LogP contribution in [0.25, 0.3) is 0 Å². The second-order valence-electron chi connectivity index (χ2n) is 4.75. The van der Waals surface area contributed by atoms with Crippen molar-refractivity contribution >= 4 is 33.4 Å². The predicted octanol–water partition coefficient (Wildman–Crippen LogP) is 3.38. The minimum atomic E-state index is -0.278. The number of aryl methyl sites for hydroxylation is 1. The van der Waals surface area contributed by atoms with E-state index in [-0.39, 0.29) is 18.4 Å². The minimum absolute atomic E-state index is 0.0661. The molecule has 4 nitrogen and oxygen atoms in total. The van der Waals surface area contributed by atoms with Gasteiger partial charge in [0.05, 0.1) is 6.54 Å². The van der Waals surface area contributed by atoms with Gasteiger partial charge in [0, 0.05) is 15.7 Å². The predicted molar refractivity (Wildman–Crippen MR) is 90.9 cm³/mol. The maximum absolute atomic E-state index is 12.0. The van der Waals surface area contributed by atoms with Crippen LogP contribution in [0, 0.1) is 0 Å². The molecule has 0 fully saturated rings. The topological polar surface area (TPSA) is 58.2 Å². The summed E-state index contributed by atoms with van der Waals surface area (Å²) in [5, 5.41) is 5.43. The van der Waals surface area contributed by atoms with Crippen molar-refractivity contribution in [2.24, 2.45) is 0 Å². The Morgan fingerprint density at radius 3 is 2.59 bits per heavy atom. The summed E-state index contributed by atoms with van der Waals surface area (Å²) in [7, 11) is 0. The Kier molecular flexibility index (Phi) is 5.72. The van der Waals surface area contributed by atoms with Crippen LogP contribution in [0.15, 0.2) is 53.0 Å². The van der Waals surface area contributed by atoms with Gasteiger partial charge in [-0.2, -0.15) is 0 Å². The fourth-order valence-corrected chi connectivity index (χ4v) is 2.44. The third-order valence-electron chi connectivity index (χ3n) is 3.17. The molecule has 0 spiro atoms. The normalized spacial score (nSPS) is 10.1. The molecule has 0 bridgehead atoms. The molecule has 0 unspecified atom stereocenters. The van der Waals surface area contributed by atoms with Gasteiger partial charge in [-0.1, -0.05) is 47.1 Å². The number of amides is 2. The highest BCUT2D eigenvalue weighted by Crippen LogP contribution is 2.15. The zero-order chi connectivity index (χ0) is 15.9. The van der Waals surface area contributed by atoms with Gasteiger partial charge < -0.3 is 10.6 Å². The number of halogens is 1. The first-order valence-electron chi connectivity index (χ1n) is 7.01. The highest BCUT2D eigenvalue weighted by molar-refractivity contribution is 9.10. The Morgan fingerprint density at radius 1 is 1.09 bits per heavy atom. The van der Waals surface area contributed by atoms with Crippen LogP contribution in [-0.4, -0.2) is 18.4 Å². The Balaban J connectivity index is 1.91. The van der Waals surface area contributed by atoms with Crippen LogP contribution in [0.5, 0.6) is 0 Å². The molecular formula is C17H17BrN2O2. The minimum Gasteiger partial charge on any atom is -0.343 e. The fraction of sp³-hybridized carbons (Fsp3) is 0.176. The third-order valence-corrected chi connectivity index (χ3v) is 3.66. The van der Waals surface area contributed by atoms with Crippen molar-refractivity contribution in [3.8, 4) is 0 Å². The Hall–Kier alpha value is -2.14. The summed E-state index contributed by atoms with van der Waals surface area (Å²) in [6.07, 6.45) is 0.834. The number of carbonyl (C=O) groups is 2. The summed E-state index contributed by atoms with van der Waals surface area (Å²) in [4.78, 5) is 23.9. The number of hydrogen-bond acceptors (Lipinski definition) is 2. The molecule has 0 aliphatic carbocycles. The van der Waals surface area contributed by atoms with Crippen LogP contribution >= 0.6 is 15.9 Å². The van der Waals surface area contributed by atoms with Gasteiger partial charge in [0.25, 0.3) is 5.91 Å². The molecule has 0 aliphatic heterocycles. The Labute approximate surface area is 138 Å². The van der Waals surface area contributed by atoms with Crippen LogP contribution in [0.2, 0.25) is 0 Å². The molecule has 22 heavy (non-hydrogen) atoms. The lowest BCUT2D eigenvalue weighted by Crippen LogP contribution is -2.33. The molecular weight excluding hydrogens is 344 g/mol. The summed E-state index contributed by atoms with van der Waals surface area (Å²) in [5.74, 6) is -0.524. The number of carbonyl (C=O) groups excluding carboxylic acids is 2. The molecule has 0 saturated heterocycles. The van der Waals surface area contributed by atoms with Crippen LogP contribution in [0.4, 0.5) is 5.69 Å². The second kappa shape index (κ2) is 7.75. The molecule has 2 rings (SSSR count). The van der Waals surface area contributed by atoms with Gasteiger partial charge in [-0.25, -0.2) is 0 Å². The number of anilines is 1. The molecule has 2 aromatic carbocycles. The second-order valence-corrected chi connectivity index (χ2v) is 5.67. The van der Waals surface area contributed by atoms with E-state index in [0.29, 0.717) is 5.56 Å². The van der Waals surface area contributed by atoms with E-state index < -0.39 is 0 Å². The number of benzene rings is 2. The largest absolute Gasteiger partial charge is 0.343 e. The summed E-state index contributed by atoms with van der Waals surface area (Å²) in [6, 6.07) is 14.6. The molecule has 2 amide bonds. The molecule has 2 N–H and O–H groups in total. The van der Waals surface area contributed by atoms with E-state index in [1.54, 1.807) is 18.2 Å². The first-order chi connectivity index (χ1) is 10.6. The zero-order valence-electron chi connectivity index (χ0n) is 12.2. The van der Waals surface area contributed by atoms with E-state index in [4.69, 9.17) is 0 Å². The van der Waals surface area contributed by atoms with Gasteiger partial charge in [-0.15, -0.1) is 0 Å². The Morgan fingerprint density at radius 2 is 1.86 bits per heavy atom. The van der Waals surface area contributed by atoms with Gasteiger partial charge in [-0.05, 0) is 36.2 Å². The quantitative estimate of drug-likeness (QED) is 0.858. The zero-order valence-corrected chi connectivity index (χ0v) is 13.8. The maximum atomic E-state index is 12.0. The van der Waals surface area contributed by atoms with Crippen LogP contribution < -0.4 is 10.6 Å². The van der Waals surface area contributed by atoms with E-state index in [1.165, 1.54) is 0 Å². The lowest BCUT2D eigenvalue weighted by molar-refractivity contribution is -0.115. The SMILES string of the molecule is CCc1ccccc1NC(=O)CNC(=O)c1cccc(Br)c1. The first kappa shape index (κ1) is 16.2. The highest BCUT2D eigenvalue weighted by Gasteiger charge is 2.09. The molecule has 0 aromatic heterocycles. The van der Waals surface area contributed by atoms with E-state index in [9.17, 15) is 9.59 Å². The number of hydrogen-bond donors (Lipinski definition) is 2. The van der Waals surface area contributed by atoms with E-state index in [0.717, 1.165) is 22.1 Å². The monoisotopic (exact) mass is 360 g/mol. The molecule has 5 heteroatoms. The van der Waals surface area contributed by atoms with Crippen molar-refractivity contribution in [2.45, 2.75) is 13.3 Å². The Bertz CT molecular complexity index is 686. The van der Waals surface area contributed by atoms with Gasteiger partial charge in [0.1, 0.15) is 0 Å². The van der Waals surface area contributed by atoms with Crippen LogP contribution in [0.3, 0.4) is 0 Å².